The number of alkyl halides is 2. The Morgan fingerprint density at radius 1 is 0.769 bits per heavy atom. The van der Waals surface area contributed by atoms with Crippen molar-refractivity contribution in [2.45, 2.75) is 19.3 Å². The van der Waals surface area contributed by atoms with Crippen LogP contribution in [0, 0.1) is 0 Å². The van der Waals surface area contributed by atoms with E-state index >= 15 is 0 Å². The summed E-state index contributed by atoms with van der Waals surface area (Å²) in [4.78, 5) is 3.78. The number of hydrogen-bond donors (Lipinski definition) is 0. The maximum Gasteiger partial charge on any atom is 0.0267 e. The SMILES string of the molecule is ClCCCCCCl.c1ccncc1. The highest BCUT2D eigenvalue weighted by Crippen LogP contribution is 1.97. The highest BCUT2D eigenvalue weighted by atomic mass is 35.5. The van der Waals surface area contributed by atoms with Gasteiger partial charge in [0.25, 0.3) is 0 Å². The Bertz CT molecular complexity index is 137. The first-order valence-corrected chi connectivity index (χ1v) is 5.45. The van der Waals surface area contributed by atoms with Gasteiger partial charge in [-0.2, -0.15) is 0 Å². The topological polar surface area (TPSA) is 12.9 Å². The molecule has 0 aliphatic heterocycles. The maximum atomic E-state index is 5.39. The minimum atomic E-state index is 0.775. The van der Waals surface area contributed by atoms with E-state index in [0.29, 0.717) is 0 Å². The van der Waals surface area contributed by atoms with Gasteiger partial charge in [-0.25, -0.2) is 0 Å². The van der Waals surface area contributed by atoms with Crippen molar-refractivity contribution in [3.63, 3.8) is 0 Å². The van der Waals surface area contributed by atoms with Crippen molar-refractivity contribution in [1.82, 2.24) is 4.98 Å². The summed E-state index contributed by atoms with van der Waals surface area (Å²) in [6.07, 6.45) is 6.88. The van der Waals surface area contributed by atoms with E-state index in [1.807, 2.05) is 18.2 Å². The Labute approximate surface area is 90.1 Å². The van der Waals surface area contributed by atoms with Gasteiger partial charge < -0.3 is 0 Å². The molecule has 13 heavy (non-hydrogen) atoms. The Kier molecular flexibility index (Phi) is 11.5. The second-order valence-electron chi connectivity index (χ2n) is 2.46. The Balaban J connectivity index is 0.000000223. The van der Waals surface area contributed by atoms with Crippen molar-refractivity contribution in [1.29, 1.82) is 0 Å². The van der Waals surface area contributed by atoms with Crippen molar-refractivity contribution in [3.8, 4) is 0 Å². The van der Waals surface area contributed by atoms with Crippen LogP contribution in [0.1, 0.15) is 19.3 Å². The van der Waals surface area contributed by atoms with Gasteiger partial charge in [0.15, 0.2) is 0 Å². The zero-order chi connectivity index (χ0) is 9.78. The van der Waals surface area contributed by atoms with Crippen molar-refractivity contribution < 1.29 is 0 Å². The predicted octanol–water partition coefficient (Wildman–Crippen LogP) is 3.72. The molecule has 74 valence electrons. The fraction of sp³-hybridized carbons (Fsp3) is 0.500. The fourth-order valence-corrected chi connectivity index (χ4v) is 1.06. The van der Waals surface area contributed by atoms with Gasteiger partial charge in [-0.15, -0.1) is 23.2 Å². The standard InChI is InChI=1S/C5H10Cl2.C5H5N/c6-4-2-1-3-5-7;1-2-4-6-5-3-1/h1-5H2;1-5H. The number of nitrogens with zero attached hydrogens (tertiary/aromatic N) is 1. The van der Waals surface area contributed by atoms with Gasteiger partial charge in [0, 0.05) is 24.2 Å². The summed E-state index contributed by atoms with van der Waals surface area (Å²) in [6, 6.07) is 5.72. The number of unbranched alkanes of at least 4 members (excludes halogenated alkanes) is 2. The summed E-state index contributed by atoms with van der Waals surface area (Å²) in [7, 11) is 0. The first kappa shape index (κ1) is 12.7. The third kappa shape index (κ3) is 11.7. The average molecular weight is 220 g/mol. The summed E-state index contributed by atoms with van der Waals surface area (Å²) < 4.78 is 0. The van der Waals surface area contributed by atoms with E-state index in [9.17, 15) is 0 Å². The number of aromatic nitrogens is 1. The lowest BCUT2D eigenvalue weighted by Gasteiger charge is -1.88. The summed E-state index contributed by atoms with van der Waals surface area (Å²) in [5, 5.41) is 0. The monoisotopic (exact) mass is 219 g/mol. The summed E-state index contributed by atoms with van der Waals surface area (Å²) >= 11 is 10.8. The summed E-state index contributed by atoms with van der Waals surface area (Å²) in [5.74, 6) is 1.55. The Morgan fingerprint density at radius 2 is 1.31 bits per heavy atom. The van der Waals surface area contributed by atoms with Gasteiger partial charge >= 0.3 is 0 Å². The molecule has 0 saturated carbocycles. The molecule has 1 heterocycles. The number of pyridine rings is 1. The minimum absolute atomic E-state index is 0.775. The predicted molar refractivity (Wildman–Crippen MR) is 59.5 cm³/mol. The minimum Gasteiger partial charge on any atom is -0.265 e. The summed E-state index contributed by atoms with van der Waals surface area (Å²) in [6.45, 7) is 0. The molecule has 0 unspecified atom stereocenters. The zero-order valence-corrected chi connectivity index (χ0v) is 9.14. The molecule has 0 N–H and O–H groups in total. The van der Waals surface area contributed by atoms with Crippen LogP contribution in [0.4, 0.5) is 0 Å². The molecule has 1 aromatic rings. The Hall–Kier alpha value is -0.270. The van der Waals surface area contributed by atoms with Crippen LogP contribution < -0.4 is 0 Å². The van der Waals surface area contributed by atoms with E-state index in [-0.39, 0.29) is 0 Å². The summed E-state index contributed by atoms with van der Waals surface area (Å²) in [5.41, 5.74) is 0. The molecule has 0 radical (unpaired) electrons. The van der Waals surface area contributed by atoms with Crippen LogP contribution in [0.3, 0.4) is 0 Å². The van der Waals surface area contributed by atoms with E-state index in [2.05, 4.69) is 4.98 Å². The first-order valence-electron chi connectivity index (χ1n) is 4.38. The van der Waals surface area contributed by atoms with E-state index in [1.54, 1.807) is 12.4 Å². The van der Waals surface area contributed by atoms with Gasteiger partial charge in [-0.05, 0) is 25.0 Å². The van der Waals surface area contributed by atoms with E-state index in [0.717, 1.165) is 24.6 Å². The average Bonchev–Trinajstić information content (AvgIpc) is 2.22. The third-order valence-electron chi connectivity index (χ3n) is 1.33. The molecule has 0 atom stereocenters. The lowest BCUT2D eigenvalue weighted by Crippen LogP contribution is -1.77. The van der Waals surface area contributed by atoms with Crippen LogP contribution in [0.15, 0.2) is 30.6 Å². The molecular weight excluding hydrogens is 205 g/mol. The smallest absolute Gasteiger partial charge is 0.0267 e. The molecule has 0 aliphatic carbocycles. The second kappa shape index (κ2) is 11.7. The molecule has 0 aromatic carbocycles. The zero-order valence-electron chi connectivity index (χ0n) is 7.63. The Morgan fingerprint density at radius 3 is 1.54 bits per heavy atom. The normalized spacial score (nSPS) is 8.77. The molecule has 1 aromatic heterocycles. The molecule has 0 spiro atoms. The van der Waals surface area contributed by atoms with Gasteiger partial charge in [0.2, 0.25) is 0 Å². The fourth-order valence-electron chi connectivity index (χ4n) is 0.678. The van der Waals surface area contributed by atoms with Gasteiger partial charge in [-0.1, -0.05) is 12.5 Å². The van der Waals surface area contributed by atoms with Crippen LogP contribution in [0.5, 0.6) is 0 Å². The highest BCUT2D eigenvalue weighted by Gasteiger charge is 1.82. The first-order chi connectivity index (χ1) is 6.41. The van der Waals surface area contributed by atoms with Gasteiger partial charge in [0.05, 0.1) is 0 Å². The van der Waals surface area contributed by atoms with E-state index < -0.39 is 0 Å². The van der Waals surface area contributed by atoms with Crippen LogP contribution in [-0.4, -0.2) is 16.7 Å². The van der Waals surface area contributed by atoms with Gasteiger partial charge in [0.1, 0.15) is 0 Å². The molecule has 0 saturated heterocycles. The van der Waals surface area contributed by atoms with Crippen molar-refractivity contribution in [3.05, 3.63) is 30.6 Å². The molecule has 0 bridgehead atoms. The molecule has 0 aliphatic rings. The van der Waals surface area contributed by atoms with Crippen molar-refractivity contribution in [2.24, 2.45) is 0 Å². The van der Waals surface area contributed by atoms with Crippen LogP contribution in [-0.2, 0) is 0 Å². The molecule has 0 amide bonds. The van der Waals surface area contributed by atoms with E-state index in [1.165, 1.54) is 6.42 Å². The number of hydrogen-bond acceptors (Lipinski definition) is 1. The third-order valence-corrected chi connectivity index (χ3v) is 1.87. The quantitative estimate of drug-likeness (QED) is 0.556. The van der Waals surface area contributed by atoms with Crippen LogP contribution >= 0.6 is 23.2 Å². The molecule has 3 heteroatoms. The van der Waals surface area contributed by atoms with Crippen LogP contribution in [0.2, 0.25) is 0 Å². The molecular formula is C10H15Cl2N. The van der Waals surface area contributed by atoms with E-state index in [4.69, 9.17) is 23.2 Å². The number of rotatable bonds is 4. The largest absolute Gasteiger partial charge is 0.265 e. The van der Waals surface area contributed by atoms with Gasteiger partial charge in [-0.3, -0.25) is 4.98 Å². The second-order valence-corrected chi connectivity index (χ2v) is 3.22. The van der Waals surface area contributed by atoms with Crippen molar-refractivity contribution in [2.75, 3.05) is 11.8 Å². The highest BCUT2D eigenvalue weighted by molar-refractivity contribution is 6.18. The van der Waals surface area contributed by atoms with Crippen molar-refractivity contribution >= 4 is 23.2 Å². The lowest BCUT2D eigenvalue weighted by atomic mass is 10.3. The lowest BCUT2D eigenvalue weighted by molar-refractivity contribution is 0.780. The number of halogens is 2. The molecule has 1 rings (SSSR count). The molecule has 1 nitrogen and oxygen atoms in total. The van der Waals surface area contributed by atoms with Crippen LogP contribution in [0.25, 0.3) is 0 Å². The molecule has 0 fully saturated rings. The maximum absolute atomic E-state index is 5.39.